The minimum Gasteiger partial charge on any atom is -0.444 e. The highest BCUT2D eigenvalue weighted by molar-refractivity contribution is 7.89. The summed E-state index contributed by atoms with van der Waals surface area (Å²) in [5, 5.41) is 4.57. The standard InChI is InChI=1S/C22H23F4N3O5S/c1-22(2,3)34-21(31)27-11-14-6-7-29(14)35(32,33)18-8-12(4-5-15(18)23)20(30)28-13-9-16(24)19(26)17(25)10-13/h4-5,8-10,14H,6-7,11H2,1-3H3,(H,27,31)(H,28,30). The molecule has 1 atom stereocenters. The van der Waals surface area contributed by atoms with Gasteiger partial charge in [-0.1, -0.05) is 0 Å². The number of nitrogens with one attached hydrogen (secondary N) is 2. The summed E-state index contributed by atoms with van der Waals surface area (Å²) < 4.78 is 86.6. The Balaban J connectivity index is 1.76. The zero-order valence-electron chi connectivity index (χ0n) is 19.0. The molecule has 1 aliphatic heterocycles. The molecule has 2 aromatic carbocycles. The molecule has 1 saturated heterocycles. The van der Waals surface area contributed by atoms with Crippen LogP contribution in [0.15, 0.2) is 35.2 Å². The lowest BCUT2D eigenvalue weighted by Crippen LogP contribution is -2.56. The van der Waals surface area contributed by atoms with Crippen molar-refractivity contribution in [1.29, 1.82) is 0 Å². The van der Waals surface area contributed by atoms with Crippen molar-refractivity contribution in [2.75, 3.05) is 18.4 Å². The smallest absolute Gasteiger partial charge is 0.407 e. The van der Waals surface area contributed by atoms with E-state index in [1.165, 1.54) is 0 Å². The number of anilines is 1. The molecule has 1 heterocycles. The molecule has 1 aliphatic rings. The minimum absolute atomic E-state index is 0.0625. The highest BCUT2D eigenvalue weighted by Gasteiger charge is 2.40. The van der Waals surface area contributed by atoms with Crippen molar-refractivity contribution in [3.05, 3.63) is 59.2 Å². The Hall–Kier alpha value is -3.19. The Morgan fingerprint density at radius 1 is 1.06 bits per heavy atom. The molecular formula is C22H23F4N3O5S. The van der Waals surface area contributed by atoms with Crippen LogP contribution in [0, 0.1) is 23.3 Å². The van der Waals surface area contributed by atoms with Gasteiger partial charge in [-0.05, 0) is 45.4 Å². The quantitative estimate of drug-likeness (QED) is 0.448. The third-order valence-electron chi connectivity index (χ3n) is 4.99. The maximum Gasteiger partial charge on any atom is 0.407 e. The summed E-state index contributed by atoms with van der Waals surface area (Å²) in [5.41, 5.74) is -1.49. The van der Waals surface area contributed by atoms with Crippen molar-refractivity contribution in [3.63, 3.8) is 0 Å². The molecule has 0 spiro atoms. The summed E-state index contributed by atoms with van der Waals surface area (Å²) in [6.45, 7) is 5.00. The summed E-state index contributed by atoms with van der Waals surface area (Å²) in [6, 6.07) is 2.96. The van der Waals surface area contributed by atoms with Crippen molar-refractivity contribution >= 4 is 27.7 Å². The number of hydrogen-bond donors (Lipinski definition) is 2. The second kappa shape index (κ2) is 9.82. The molecule has 0 bridgehead atoms. The van der Waals surface area contributed by atoms with Crippen LogP contribution in [0.5, 0.6) is 0 Å². The number of benzene rings is 2. The normalized spacial score (nSPS) is 16.4. The Labute approximate surface area is 199 Å². The van der Waals surface area contributed by atoms with Gasteiger partial charge in [0.25, 0.3) is 5.91 Å². The molecule has 3 rings (SSSR count). The first-order chi connectivity index (χ1) is 16.2. The predicted molar refractivity (Wildman–Crippen MR) is 117 cm³/mol. The number of sulfonamides is 1. The Kier molecular flexibility index (Phi) is 7.41. The van der Waals surface area contributed by atoms with Gasteiger partial charge in [-0.3, -0.25) is 4.79 Å². The molecule has 1 unspecified atom stereocenters. The predicted octanol–water partition coefficient (Wildman–Crippen LogP) is 3.78. The molecule has 8 nitrogen and oxygen atoms in total. The van der Waals surface area contributed by atoms with Crippen LogP contribution < -0.4 is 10.6 Å². The van der Waals surface area contributed by atoms with Crippen molar-refractivity contribution in [3.8, 4) is 0 Å². The Bertz CT molecular complexity index is 1240. The lowest BCUT2D eigenvalue weighted by atomic mass is 10.1. The van der Waals surface area contributed by atoms with E-state index < -0.39 is 67.5 Å². The van der Waals surface area contributed by atoms with Gasteiger partial charge in [0.05, 0.1) is 0 Å². The van der Waals surface area contributed by atoms with E-state index in [0.717, 1.165) is 22.5 Å². The van der Waals surface area contributed by atoms with Crippen LogP contribution in [0.2, 0.25) is 0 Å². The van der Waals surface area contributed by atoms with Crippen LogP contribution in [0.1, 0.15) is 37.6 Å². The van der Waals surface area contributed by atoms with Gasteiger partial charge in [-0.2, -0.15) is 4.31 Å². The summed E-state index contributed by atoms with van der Waals surface area (Å²) >= 11 is 0. The zero-order valence-corrected chi connectivity index (χ0v) is 19.8. The fourth-order valence-corrected chi connectivity index (χ4v) is 5.01. The van der Waals surface area contributed by atoms with Crippen molar-refractivity contribution in [2.45, 2.75) is 43.7 Å². The molecule has 0 saturated carbocycles. The molecule has 35 heavy (non-hydrogen) atoms. The highest BCUT2D eigenvalue weighted by atomic mass is 32.2. The average Bonchev–Trinajstić information content (AvgIpc) is 2.69. The Morgan fingerprint density at radius 3 is 2.23 bits per heavy atom. The van der Waals surface area contributed by atoms with E-state index in [9.17, 15) is 35.6 Å². The van der Waals surface area contributed by atoms with Crippen LogP contribution in [-0.4, -0.2) is 49.5 Å². The van der Waals surface area contributed by atoms with Gasteiger partial charge in [0.15, 0.2) is 17.5 Å². The van der Waals surface area contributed by atoms with E-state index in [2.05, 4.69) is 10.6 Å². The first kappa shape index (κ1) is 26.4. The number of rotatable bonds is 6. The van der Waals surface area contributed by atoms with E-state index in [4.69, 9.17) is 4.74 Å². The molecule has 190 valence electrons. The third-order valence-corrected chi connectivity index (χ3v) is 6.96. The van der Waals surface area contributed by atoms with E-state index in [1.54, 1.807) is 20.8 Å². The maximum atomic E-state index is 14.5. The zero-order chi connectivity index (χ0) is 26.1. The molecule has 0 radical (unpaired) electrons. The highest BCUT2D eigenvalue weighted by Crippen LogP contribution is 2.29. The molecular weight excluding hydrogens is 494 g/mol. The van der Waals surface area contributed by atoms with E-state index in [0.29, 0.717) is 18.6 Å². The number of nitrogens with zero attached hydrogens (tertiary/aromatic N) is 1. The van der Waals surface area contributed by atoms with Crippen LogP contribution in [0.3, 0.4) is 0 Å². The van der Waals surface area contributed by atoms with Crippen molar-refractivity contribution in [2.24, 2.45) is 0 Å². The molecule has 13 heteroatoms. The van der Waals surface area contributed by atoms with Gasteiger partial charge < -0.3 is 15.4 Å². The van der Waals surface area contributed by atoms with Gasteiger partial charge in [0.1, 0.15) is 16.3 Å². The molecule has 2 N–H and O–H groups in total. The second-order valence-electron chi connectivity index (χ2n) is 8.79. The topological polar surface area (TPSA) is 105 Å². The minimum atomic E-state index is -4.40. The molecule has 0 aromatic heterocycles. The SMILES string of the molecule is CC(C)(C)OC(=O)NCC1CCN1S(=O)(=O)c1cc(C(=O)Nc2cc(F)c(F)c(F)c2)ccc1F. The van der Waals surface area contributed by atoms with Crippen LogP contribution in [0.25, 0.3) is 0 Å². The van der Waals surface area contributed by atoms with Gasteiger partial charge in [0.2, 0.25) is 10.0 Å². The largest absolute Gasteiger partial charge is 0.444 e. The van der Waals surface area contributed by atoms with Crippen LogP contribution in [-0.2, 0) is 14.8 Å². The van der Waals surface area contributed by atoms with Crippen LogP contribution in [0.4, 0.5) is 28.0 Å². The summed E-state index contributed by atoms with van der Waals surface area (Å²) in [6.07, 6.45) is -0.335. The third kappa shape index (κ3) is 6.09. The fraction of sp³-hybridized carbons (Fsp3) is 0.364. The number of ether oxygens (including phenoxy) is 1. The number of carbonyl (C=O) groups is 2. The summed E-state index contributed by atoms with van der Waals surface area (Å²) in [7, 11) is -4.40. The number of amides is 2. The van der Waals surface area contributed by atoms with Gasteiger partial charge in [0, 0.05) is 42.5 Å². The van der Waals surface area contributed by atoms with Crippen molar-refractivity contribution < 1.29 is 40.3 Å². The van der Waals surface area contributed by atoms with Gasteiger partial charge in [-0.15, -0.1) is 0 Å². The Morgan fingerprint density at radius 2 is 1.69 bits per heavy atom. The van der Waals surface area contributed by atoms with Crippen molar-refractivity contribution in [1.82, 2.24) is 9.62 Å². The van der Waals surface area contributed by atoms with Gasteiger partial charge in [-0.25, -0.2) is 30.8 Å². The van der Waals surface area contributed by atoms with E-state index >= 15 is 0 Å². The number of alkyl carbamates (subject to hydrolysis) is 1. The van der Waals surface area contributed by atoms with E-state index in [-0.39, 0.29) is 18.7 Å². The molecule has 2 amide bonds. The first-order valence-electron chi connectivity index (χ1n) is 10.4. The summed E-state index contributed by atoms with van der Waals surface area (Å²) in [5.74, 6) is -6.91. The van der Waals surface area contributed by atoms with Gasteiger partial charge >= 0.3 is 6.09 Å². The van der Waals surface area contributed by atoms with Crippen LogP contribution >= 0.6 is 0 Å². The van der Waals surface area contributed by atoms with E-state index in [1.807, 2.05) is 0 Å². The number of hydrogen-bond acceptors (Lipinski definition) is 5. The maximum absolute atomic E-state index is 14.5. The second-order valence-corrected chi connectivity index (χ2v) is 10.7. The molecule has 2 aromatic rings. The number of halogens is 4. The summed E-state index contributed by atoms with van der Waals surface area (Å²) in [4.78, 5) is 23.5. The molecule has 0 aliphatic carbocycles. The average molecular weight is 518 g/mol. The lowest BCUT2D eigenvalue weighted by Gasteiger charge is -2.39. The number of carbonyl (C=O) groups excluding carboxylic acids is 2. The molecule has 1 fully saturated rings. The monoisotopic (exact) mass is 517 g/mol. The lowest BCUT2D eigenvalue weighted by molar-refractivity contribution is 0.0501. The first-order valence-corrected chi connectivity index (χ1v) is 11.9. The fourth-order valence-electron chi connectivity index (χ4n) is 3.25.